The summed E-state index contributed by atoms with van der Waals surface area (Å²) in [5, 5.41) is 21.0. The van der Waals surface area contributed by atoms with Crippen molar-refractivity contribution in [2.45, 2.75) is 6.42 Å². The molecule has 1 aromatic rings. The Labute approximate surface area is 118 Å². The van der Waals surface area contributed by atoms with Crippen molar-refractivity contribution in [3.05, 3.63) is 17.0 Å². The fraction of sp³-hybridized carbons (Fsp3) is 0.200. The number of carbonyl (C=O) groups excluding carboxylic acids is 1. The smallest absolute Gasteiger partial charge is 0.225 e. The first-order chi connectivity index (χ1) is 9.02. The third-order valence-corrected chi connectivity index (χ3v) is 3.44. The number of guanidine groups is 1. The van der Waals surface area contributed by atoms with Crippen LogP contribution in [0.1, 0.15) is 12.0 Å². The molecule has 1 amide bonds. The van der Waals surface area contributed by atoms with E-state index in [9.17, 15) is 4.79 Å². The van der Waals surface area contributed by atoms with Crippen molar-refractivity contribution < 1.29 is 4.79 Å². The van der Waals surface area contributed by atoms with Crippen molar-refractivity contribution >= 4 is 45.1 Å². The first-order valence-corrected chi connectivity index (χ1v) is 6.98. The zero-order valence-electron chi connectivity index (χ0n) is 9.84. The number of nitrogens with two attached hydrogens (primary N) is 2. The molecule has 0 atom stereocenters. The zero-order chi connectivity index (χ0) is 14.3. The van der Waals surface area contributed by atoms with Gasteiger partial charge in [0.05, 0.1) is 5.56 Å². The van der Waals surface area contributed by atoms with Crippen molar-refractivity contribution in [1.29, 1.82) is 10.7 Å². The van der Waals surface area contributed by atoms with Gasteiger partial charge in [-0.3, -0.25) is 10.2 Å². The van der Waals surface area contributed by atoms with E-state index >= 15 is 0 Å². The molecule has 7 nitrogen and oxygen atoms in total. The van der Waals surface area contributed by atoms with Crippen LogP contribution in [-0.4, -0.2) is 22.8 Å². The highest BCUT2D eigenvalue weighted by molar-refractivity contribution is 8.13. The molecular weight excluding hydrogens is 284 g/mol. The topological polar surface area (TPSA) is 141 Å². The number of hydrogen-bond donors (Lipinski definition) is 4. The number of amides is 1. The Balaban J connectivity index is 2.35. The van der Waals surface area contributed by atoms with Gasteiger partial charge in [-0.1, -0.05) is 11.8 Å². The average Bonchev–Trinajstić information content (AvgIpc) is 2.75. The summed E-state index contributed by atoms with van der Waals surface area (Å²) in [6.45, 7) is 0. The van der Waals surface area contributed by atoms with Gasteiger partial charge in [-0.05, 0) is 11.4 Å². The molecule has 0 aromatic carbocycles. The van der Waals surface area contributed by atoms with Gasteiger partial charge < -0.3 is 16.8 Å². The monoisotopic (exact) mass is 296 g/mol. The van der Waals surface area contributed by atoms with E-state index in [1.54, 1.807) is 11.4 Å². The molecule has 0 saturated heterocycles. The summed E-state index contributed by atoms with van der Waals surface area (Å²) in [4.78, 5) is 15.1. The number of aliphatic imine (C=N–C) groups is 1. The van der Waals surface area contributed by atoms with Crippen LogP contribution in [-0.2, 0) is 4.79 Å². The molecule has 6 N–H and O–H groups in total. The minimum Gasteiger partial charge on any atom is -0.370 e. The summed E-state index contributed by atoms with van der Waals surface area (Å²) in [7, 11) is 0. The lowest BCUT2D eigenvalue weighted by atomic mass is 10.3. The summed E-state index contributed by atoms with van der Waals surface area (Å²) in [6, 6.07) is 3.63. The number of hydrogen-bond acceptors (Lipinski definition) is 5. The zero-order valence-corrected chi connectivity index (χ0v) is 11.5. The molecule has 0 radical (unpaired) electrons. The molecule has 1 aromatic heterocycles. The van der Waals surface area contributed by atoms with Gasteiger partial charge >= 0.3 is 0 Å². The normalized spacial score (nSPS) is 9.42. The van der Waals surface area contributed by atoms with Crippen molar-refractivity contribution in [2.24, 2.45) is 16.5 Å². The van der Waals surface area contributed by atoms with Crippen LogP contribution in [0.15, 0.2) is 16.4 Å². The Morgan fingerprint density at radius 3 is 3.00 bits per heavy atom. The molecule has 1 heterocycles. The summed E-state index contributed by atoms with van der Waals surface area (Å²) >= 11 is 2.36. The maximum atomic E-state index is 11.6. The Bertz CT molecular complexity index is 540. The molecule has 0 aliphatic rings. The maximum absolute atomic E-state index is 11.6. The Hall–Kier alpha value is -2.05. The number of thioether (sulfide) groups is 1. The molecule has 1 rings (SSSR count). The van der Waals surface area contributed by atoms with Crippen LogP contribution in [0.2, 0.25) is 0 Å². The number of anilines is 1. The number of nitrogens with zero attached hydrogens (tertiary/aromatic N) is 2. The number of rotatable bonds is 4. The number of thiophene rings is 1. The van der Waals surface area contributed by atoms with Crippen LogP contribution in [0.4, 0.5) is 5.00 Å². The van der Waals surface area contributed by atoms with E-state index < -0.39 is 0 Å². The minimum absolute atomic E-state index is 0.0402. The fourth-order valence-electron chi connectivity index (χ4n) is 1.07. The fourth-order valence-corrected chi connectivity index (χ4v) is 2.48. The SMILES string of the molecule is N#Cc1ccsc1NC(=O)CCSC(=N)N=C(N)N. The molecular formula is C10H12N6OS2. The molecule has 0 bridgehead atoms. The molecule has 0 fully saturated rings. The highest BCUT2D eigenvalue weighted by Crippen LogP contribution is 2.22. The number of nitrogens with one attached hydrogen (secondary N) is 2. The van der Waals surface area contributed by atoms with Crippen LogP contribution in [0, 0.1) is 16.7 Å². The standard InChI is InChI=1S/C10H12N6OS2/c11-5-6-1-3-18-8(6)15-7(17)2-4-19-10(14)16-9(12)13/h1,3H,2,4H2,(H,15,17)(H5,12,13,14,16). The average molecular weight is 296 g/mol. The van der Waals surface area contributed by atoms with E-state index in [2.05, 4.69) is 10.3 Å². The Morgan fingerprint density at radius 1 is 1.63 bits per heavy atom. The number of carbonyl (C=O) groups is 1. The second-order valence-corrected chi connectivity index (χ2v) is 5.26. The molecule has 0 spiro atoms. The van der Waals surface area contributed by atoms with Gasteiger partial charge in [0, 0.05) is 12.2 Å². The van der Waals surface area contributed by atoms with Crippen LogP contribution < -0.4 is 16.8 Å². The van der Waals surface area contributed by atoms with Crippen LogP contribution in [0.5, 0.6) is 0 Å². The second-order valence-electron chi connectivity index (χ2n) is 3.26. The minimum atomic E-state index is -0.219. The summed E-state index contributed by atoms with van der Waals surface area (Å²) in [5.74, 6) is -0.0162. The van der Waals surface area contributed by atoms with E-state index in [0.717, 1.165) is 11.8 Å². The Kier molecular flexibility index (Phi) is 5.84. The number of amidine groups is 1. The van der Waals surface area contributed by atoms with Gasteiger partial charge in [0.25, 0.3) is 0 Å². The van der Waals surface area contributed by atoms with Gasteiger partial charge in [0.1, 0.15) is 11.1 Å². The van der Waals surface area contributed by atoms with Crippen LogP contribution in [0.25, 0.3) is 0 Å². The predicted octanol–water partition coefficient (Wildman–Crippen LogP) is 0.890. The first-order valence-electron chi connectivity index (χ1n) is 5.11. The van der Waals surface area contributed by atoms with Crippen molar-refractivity contribution in [3.8, 4) is 6.07 Å². The highest BCUT2D eigenvalue weighted by atomic mass is 32.2. The lowest BCUT2D eigenvalue weighted by Crippen LogP contribution is -2.23. The van der Waals surface area contributed by atoms with Gasteiger partial charge in [-0.25, -0.2) is 0 Å². The van der Waals surface area contributed by atoms with E-state index in [1.807, 2.05) is 6.07 Å². The van der Waals surface area contributed by atoms with Gasteiger partial charge in [0.2, 0.25) is 5.91 Å². The van der Waals surface area contributed by atoms with Crippen molar-refractivity contribution in [3.63, 3.8) is 0 Å². The first kappa shape index (κ1) is 15.0. The van der Waals surface area contributed by atoms with Gasteiger partial charge in [-0.2, -0.15) is 10.3 Å². The predicted molar refractivity (Wildman–Crippen MR) is 78.3 cm³/mol. The molecule has 0 unspecified atom stereocenters. The molecule has 0 aliphatic carbocycles. The molecule has 19 heavy (non-hydrogen) atoms. The van der Waals surface area contributed by atoms with Crippen LogP contribution >= 0.6 is 23.1 Å². The lowest BCUT2D eigenvalue weighted by molar-refractivity contribution is -0.115. The van der Waals surface area contributed by atoms with Gasteiger partial charge in [0.15, 0.2) is 11.1 Å². The van der Waals surface area contributed by atoms with Crippen LogP contribution in [0.3, 0.4) is 0 Å². The highest BCUT2D eigenvalue weighted by Gasteiger charge is 2.08. The van der Waals surface area contributed by atoms with Gasteiger partial charge in [-0.15, -0.1) is 11.3 Å². The summed E-state index contributed by atoms with van der Waals surface area (Å²) < 4.78 is 0. The van der Waals surface area contributed by atoms with Crippen molar-refractivity contribution in [1.82, 2.24) is 0 Å². The summed E-state index contributed by atoms with van der Waals surface area (Å²) in [6.07, 6.45) is 0.204. The molecule has 9 heteroatoms. The van der Waals surface area contributed by atoms with Crippen molar-refractivity contribution in [2.75, 3.05) is 11.1 Å². The van der Waals surface area contributed by atoms with E-state index in [4.69, 9.17) is 22.1 Å². The quantitative estimate of drug-likeness (QED) is 0.482. The largest absolute Gasteiger partial charge is 0.370 e. The van der Waals surface area contributed by atoms with E-state index in [1.165, 1.54) is 11.3 Å². The molecule has 0 saturated carbocycles. The third-order valence-electron chi connectivity index (χ3n) is 1.84. The maximum Gasteiger partial charge on any atom is 0.225 e. The number of nitriles is 1. The molecule has 0 aliphatic heterocycles. The third kappa shape index (κ3) is 5.41. The Morgan fingerprint density at radius 2 is 2.37 bits per heavy atom. The van der Waals surface area contributed by atoms with E-state index in [-0.39, 0.29) is 23.5 Å². The second kappa shape index (κ2) is 7.40. The summed E-state index contributed by atoms with van der Waals surface area (Å²) in [5.41, 5.74) is 10.7. The molecule has 100 valence electrons. The lowest BCUT2D eigenvalue weighted by Gasteiger charge is -2.02. The van der Waals surface area contributed by atoms with E-state index in [0.29, 0.717) is 16.3 Å².